The number of hydrogen-bond acceptors (Lipinski definition) is 7. The summed E-state index contributed by atoms with van der Waals surface area (Å²) in [5.41, 5.74) is 12.2. The summed E-state index contributed by atoms with van der Waals surface area (Å²) < 4.78 is 0. The van der Waals surface area contributed by atoms with E-state index in [2.05, 4.69) is 20.3 Å². The zero-order valence-electron chi connectivity index (χ0n) is 11.5. The second-order valence-corrected chi connectivity index (χ2v) is 5.43. The van der Waals surface area contributed by atoms with Gasteiger partial charge in [-0.2, -0.15) is 0 Å². The van der Waals surface area contributed by atoms with Crippen LogP contribution in [0.5, 0.6) is 0 Å². The molecule has 5 N–H and O–H groups in total. The van der Waals surface area contributed by atoms with Crippen LogP contribution in [-0.4, -0.2) is 26.6 Å². The molecule has 0 unspecified atom stereocenters. The summed E-state index contributed by atoms with van der Waals surface area (Å²) in [6.07, 6.45) is 1.97. The molecule has 2 aromatic rings. The zero-order chi connectivity index (χ0) is 15.2. The Balaban J connectivity index is 1.81. The van der Waals surface area contributed by atoms with Crippen LogP contribution in [0.3, 0.4) is 0 Å². The molecule has 0 radical (unpaired) electrons. The van der Waals surface area contributed by atoms with Gasteiger partial charge in [0, 0.05) is 24.4 Å². The molecule has 7 nitrogen and oxygen atoms in total. The van der Waals surface area contributed by atoms with Gasteiger partial charge >= 0.3 is 0 Å². The van der Waals surface area contributed by atoms with E-state index < -0.39 is 0 Å². The molecule has 0 spiro atoms. The second-order valence-electron chi connectivity index (χ2n) is 4.37. The molecule has 0 aliphatic heterocycles. The van der Waals surface area contributed by atoms with Crippen LogP contribution in [0, 0.1) is 6.92 Å². The maximum absolute atomic E-state index is 11.8. The van der Waals surface area contributed by atoms with Gasteiger partial charge in [0.2, 0.25) is 5.91 Å². The SMILES string of the molecule is Cc1ccnc(NC(=O)CCSc2nc(N)cc(N)n2)c1. The van der Waals surface area contributed by atoms with Crippen LogP contribution in [0.1, 0.15) is 12.0 Å². The number of nitrogen functional groups attached to an aromatic ring is 2. The molecular formula is C13H16N6OS. The molecule has 0 saturated heterocycles. The maximum atomic E-state index is 11.8. The molecule has 0 aliphatic rings. The van der Waals surface area contributed by atoms with Crippen molar-refractivity contribution in [2.45, 2.75) is 18.5 Å². The molecule has 0 atom stereocenters. The van der Waals surface area contributed by atoms with Crippen molar-refractivity contribution in [3.63, 3.8) is 0 Å². The van der Waals surface area contributed by atoms with Gasteiger partial charge in [0.15, 0.2) is 5.16 Å². The number of pyridine rings is 1. The summed E-state index contributed by atoms with van der Waals surface area (Å²) >= 11 is 1.33. The number of nitrogens with two attached hydrogens (primary N) is 2. The van der Waals surface area contributed by atoms with Crippen LogP contribution < -0.4 is 16.8 Å². The minimum absolute atomic E-state index is 0.113. The Kier molecular flexibility index (Phi) is 4.94. The minimum atomic E-state index is -0.113. The second kappa shape index (κ2) is 6.89. The lowest BCUT2D eigenvalue weighted by Gasteiger charge is -2.05. The van der Waals surface area contributed by atoms with Crippen molar-refractivity contribution < 1.29 is 4.79 Å². The van der Waals surface area contributed by atoms with Gasteiger partial charge in [0.1, 0.15) is 17.5 Å². The highest BCUT2D eigenvalue weighted by molar-refractivity contribution is 7.99. The van der Waals surface area contributed by atoms with Crippen molar-refractivity contribution in [1.29, 1.82) is 0 Å². The number of hydrogen-bond donors (Lipinski definition) is 3. The molecule has 0 aliphatic carbocycles. The molecule has 110 valence electrons. The first-order chi connectivity index (χ1) is 10.0. The van der Waals surface area contributed by atoms with E-state index in [0.717, 1.165) is 5.56 Å². The van der Waals surface area contributed by atoms with E-state index in [1.54, 1.807) is 6.20 Å². The molecule has 21 heavy (non-hydrogen) atoms. The summed E-state index contributed by atoms with van der Waals surface area (Å²) in [7, 11) is 0. The van der Waals surface area contributed by atoms with Gasteiger partial charge in [0.25, 0.3) is 0 Å². The van der Waals surface area contributed by atoms with Gasteiger partial charge in [-0.1, -0.05) is 11.8 Å². The highest BCUT2D eigenvalue weighted by Gasteiger charge is 2.06. The molecule has 2 heterocycles. The van der Waals surface area contributed by atoms with E-state index in [-0.39, 0.29) is 5.91 Å². The molecule has 2 rings (SSSR count). The van der Waals surface area contributed by atoms with Crippen LogP contribution in [0.15, 0.2) is 29.6 Å². The highest BCUT2D eigenvalue weighted by atomic mass is 32.2. The van der Waals surface area contributed by atoms with Gasteiger partial charge in [-0.05, 0) is 24.6 Å². The number of nitrogens with zero attached hydrogens (tertiary/aromatic N) is 3. The van der Waals surface area contributed by atoms with Crippen LogP contribution >= 0.6 is 11.8 Å². The monoisotopic (exact) mass is 304 g/mol. The number of aromatic nitrogens is 3. The van der Waals surface area contributed by atoms with Crippen molar-refractivity contribution in [1.82, 2.24) is 15.0 Å². The third-order valence-electron chi connectivity index (χ3n) is 2.49. The summed E-state index contributed by atoms with van der Waals surface area (Å²) in [5.74, 6) is 1.60. The van der Waals surface area contributed by atoms with E-state index in [0.29, 0.717) is 34.8 Å². The molecule has 0 fully saturated rings. The van der Waals surface area contributed by atoms with E-state index in [4.69, 9.17) is 11.5 Å². The quantitative estimate of drug-likeness (QED) is 0.565. The van der Waals surface area contributed by atoms with Gasteiger partial charge in [-0.25, -0.2) is 15.0 Å². The highest BCUT2D eigenvalue weighted by Crippen LogP contribution is 2.17. The van der Waals surface area contributed by atoms with Crippen molar-refractivity contribution in [3.05, 3.63) is 30.0 Å². The lowest BCUT2D eigenvalue weighted by atomic mass is 10.3. The lowest BCUT2D eigenvalue weighted by Crippen LogP contribution is -2.13. The zero-order valence-corrected chi connectivity index (χ0v) is 12.4. The Labute approximate surface area is 126 Å². The fourth-order valence-electron chi connectivity index (χ4n) is 1.57. The number of rotatable bonds is 5. The fraction of sp³-hybridized carbons (Fsp3) is 0.231. The van der Waals surface area contributed by atoms with Crippen molar-refractivity contribution in [2.75, 3.05) is 22.5 Å². The Morgan fingerprint density at radius 2 is 2.00 bits per heavy atom. The van der Waals surface area contributed by atoms with E-state index >= 15 is 0 Å². The van der Waals surface area contributed by atoms with Crippen LogP contribution in [0.25, 0.3) is 0 Å². The standard InChI is InChI=1S/C13H16N6OS/c1-8-2-4-16-11(6-8)19-12(20)3-5-21-13-17-9(14)7-10(15)18-13/h2,4,6-7H,3,5H2,1H3,(H,16,19,20)(H4,14,15,17,18). The van der Waals surface area contributed by atoms with Gasteiger partial charge in [-0.15, -0.1) is 0 Å². The first-order valence-corrected chi connectivity index (χ1v) is 7.27. The Morgan fingerprint density at radius 3 is 2.67 bits per heavy atom. The topological polar surface area (TPSA) is 120 Å². The van der Waals surface area contributed by atoms with Crippen molar-refractivity contribution in [2.24, 2.45) is 0 Å². The third kappa shape index (κ3) is 4.92. The lowest BCUT2D eigenvalue weighted by molar-refractivity contribution is -0.115. The molecule has 2 aromatic heterocycles. The van der Waals surface area contributed by atoms with E-state index in [9.17, 15) is 4.79 Å². The number of amides is 1. The Hall–Kier alpha value is -2.35. The fourth-order valence-corrected chi connectivity index (χ4v) is 2.38. The largest absolute Gasteiger partial charge is 0.383 e. The average molecular weight is 304 g/mol. The smallest absolute Gasteiger partial charge is 0.226 e. The number of thioether (sulfide) groups is 1. The molecule has 8 heteroatoms. The third-order valence-corrected chi connectivity index (χ3v) is 3.34. The summed E-state index contributed by atoms with van der Waals surface area (Å²) in [6.45, 7) is 1.94. The number of anilines is 3. The predicted octanol–water partition coefficient (Wildman–Crippen LogP) is 1.47. The molecule has 0 saturated carbocycles. The van der Waals surface area contributed by atoms with E-state index in [1.807, 2.05) is 19.1 Å². The number of nitrogens with one attached hydrogen (secondary N) is 1. The Morgan fingerprint density at radius 1 is 1.29 bits per heavy atom. The van der Waals surface area contributed by atoms with Crippen LogP contribution in [0.4, 0.5) is 17.5 Å². The first-order valence-electron chi connectivity index (χ1n) is 6.28. The first kappa shape index (κ1) is 15.0. The summed E-state index contributed by atoms with van der Waals surface area (Å²) in [4.78, 5) is 23.9. The summed E-state index contributed by atoms with van der Waals surface area (Å²) in [6, 6.07) is 5.17. The van der Waals surface area contributed by atoms with Crippen LogP contribution in [0.2, 0.25) is 0 Å². The van der Waals surface area contributed by atoms with Crippen molar-refractivity contribution in [3.8, 4) is 0 Å². The van der Waals surface area contributed by atoms with Crippen molar-refractivity contribution >= 4 is 35.1 Å². The number of carbonyl (C=O) groups excluding carboxylic acids is 1. The van der Waals surface area contributed by atoms with E-state index in [1.165, 1.54) is 17.8 Å². The number of aryl methyl sites for hydroxylation is 1. The average Bonchev–Trinajstić information content (AvgIpc) is 2.37. The van der Waals surface area contributed by atoms with Crippen LogP contribution in [-0.2, 0) is 4.79 Å². The molecule has 0 bridgehead atoms. The molecular weight excluding hydrogens is 288 g/mol. The molecule has 0 aromatic carbocycles. The Bertz CT molecular complexity index is 628. The predicted molar refractivity (Wildman–Crippen MR) is 83.8 cm³/mol. The normalized spacial score (nSPS) is 10.3. The summed E-state index contributed by atoms with van der Waals surface area (Å²) in [5, 5.41) is 3.20. The molecule has 1 amide bonds. The van der Waals surface area contributed by atoms with Gasteiger partial charge in [-0.3, -0.25) is 4.79 Å². The maximum Gasteiger partial charge on any atom is 0.226 e. The van der Waals surface area contributed by atoms with Gasteiger partial charge < -0.3 is 16.8 Å². The van der Waals surface area contributed by atoms with Gasteiger partial charge in [0.05, 0.1) is 0 Å². The number of carbonyl (C=O) groups is 1. The minimum Gasteiger partial charge on any atom is -0.383 e.